The van der Waals surface area contributed by atoms with Crippen molar-refractivity contribution in [1.29, 1.82) is 5.26 Å². The fraction of sp³-hybridized carbons (Fsp3) is 0.143. The molecule has 2 aromatic rings. The van der Waals surface area contributed by atoms with Crippen LogP contribution in [-0.2, 0) is 6.18 Å². The quantitative estimate of drug-likeness (QED) is 0.876. The summed E-state index contributed by atoms with van der Waals surface area (Å²) < 4.78 is 38.1. The smallest absolute Gasteiger partial charge is 0.339 e. The Bertz CT molecular complexity index is 720. The molecule has 0 radical (unpaired) electrons. The predicted molar refractivity (Wildman–Crippen MR) is 73.4 cm³/mol. The molecule has 0 atom stereocenters. The number of benzene rings is 1. The van der Waals surface area contributed by atoms with Crippen LogP contribution in [0.25, 0.3) is 0 Å². The van der Waals surface area contributed by atoms with Crippen molar-refractivity contribution in [2.45, 2.75) is 13.1 Å². The monoisotopic (exact) mass is 311 g/mol. The highest BCUT2D eigenvalue weighted by Crippen LogP contribution is 2.31. The number of hydrogen-bond acceptors (Lipinski definition) is 3. The lowest BCUT2D eigenvalue weighted by molar-refractivity contribution is -0.141. The van der Waals surface area contributed by atoms with Crippen molar-refractivity contribution in [1.82, 2.24) is 4.98 Å². The lowest BCUT2D eigenvalue weighted by atomic mass is 10.2. The van der Waals surface area contributed by atoms with Gasteiger partial charge in [-0.25, -0.2) is 4.98 Å². The largest absolute Gasteiger partial charge is 0.433 e. The molecule has 1 N–H and O–H groups in total. The summed E-state index contributed by atoms with van der Waals surface area (Å²) in [5, 5.41) is 12.1. The number of anilines is 2. The molecular weight excluding hydrogens is 303 g/mol. The second-order valence-corrected chi connectivity index (χ2v) is 4.72. The van der Waals surface area contributed by atoms with Gasteiger partial charge < -0.3 is 5.32 Å². The summed E-state index contributed by atoms with van der Waals surface area (Å²) >= 11 is 5.86. The molecule has 0 aliphatic carbocycles. The Balaban J connectivity index is 2.47. The van der Waals surface area contributed by atoms with Gasteiger partial charge in [0.2, 0.25) is 0 Å². The molecule has 1 aromatic heterocycles. The number of hydrogen-bond donors (Lipinski definition) is 1. The second kappa shape index (κ2) is 5.62. The molecule has 0 saturated heterocycles. The van der Waals surface area contributed by atoms with E-state index in [1.807, 2.05) is 0 Å². The minimum absolute atomic E-state index is 0.0161. The maximum Gasteiger partial charge on any atom is 0.433 e. The van der Waals surface area contributed by atoms with Crippen molar-refractivity contribution in [3.8, 4) is 6.07 Å². The van der Waals surface area contributed by atoms with Crippen LogP contribution in [0.3, 0.4) is 0 Å². The van der Waals surface area contributed by atoms with E-state index in [0.29, 0.717) is 10.7 Å². The van der Waals surface area contributed by atoms with Crippen molar-refractivity contribution in [3.63, 3.8) is 0 Å². The number of halogens is 4. The third kappa shape index (κ3) is 3.44. The van der Waals surface area contributed by atoms with Gasteiger partial charge in [0.25, 0.3) is 0 Å². The number of nitriles is 1. The van der Waals surface area contributed by atoms with Crippen LogP contribution in [0.2, 0.25) is 5.02 Å². The van der Waals surface area contributed by atoms with Gasteiger partial charge in [0.1, 0.15) is 17.6 Å². The lowest BCUT2D eigenvalue weighted by Gasteiger charge is -2.13. The van der Waals surface area contributed by atoms with E-state index in [1.165, 1.54) is 0 Å². The SMILES string of the molecule is Cc1ccc(Cl)cc1Nc1nc(C(F)(F)F)ccc1C#N. The molecule has 0 aliphatic rings. The summed E-state index contributed by atoms with van der Waals surface area (Å²) in [6.45, 7) is 1.76. The normalized spacial score (nSPS) is 11.0. The Morgan fingerprint density at radius 1 is 1.24 bits per heavy atom. The van der Waals surface area contributed by atoms with Crippen LogP contribution in [0, 0.1) is 18.3 Å². The van der Waals surface area contributed by atoms with Crippen LogP contribution in [0.15, 0.2) is 30.3 Å². The number of aromatic nitrogens is 1. The van der Waals surface area contributed by atoms with E-state index < -0.39 is 11.9 Å². The van der Waals surface area contributed by atoms with Crippen molar-refractivity contribution in [2.24, 2.45) is 0 Å². The first-order valence-corrected chi connectivity index (χ1v) is 6.20. The van der Waals surface area contributed by atoms with E-state index in [1.54, 1.807) is 31.2 Å². The van der Waals surface area contributed by atoms with Gasteiger partial charge in [-0.05, 0) is 36.8 Å². The maximum atomic E-state index is 12.7. The Kier molecular flexibility index (Phi) is 4.05. The fourth-order valence-electron chi connectivity index (χ4n) is 1.66. The average molecular weight is 312 g/mol. The molecule has 108 valence electrons. The van der Waals surface area contributed by atoms with E-state index in [4.69, 9.17) is 16.9 Å². The van der Waals surface area contributed by atoms with Gasteiger partial charge in [-0.2, -0.15) is 18.4 Å². The Hall–Kier alpha value is -2.26. The molecule has 2 rings (SSSR count). The zero-order valence-corrected chi connectivity index (χ0v) is 11.5. The molecule has 3 nitrogen and oxygen atoms in total. The molecule has 1 heterocycles. The summed E-state index contributed by atoms with van der Waals surface area (Å²) in [6, 6.07) is 8.58. The van der Waals surface area contributed by atoms with Crippen LogP contribution in [-0.4, -0.2) is 4.98 Å². The molecule has 0 saturated carbocycles. The van der Waals surface area contributed by atoms with Crippen molar-refractivity contribution in [3.05, 3.63) is 52.2 Å². The zero-order valence-electron chi connectivity index (χ0n) is 10.8. The molecule has 7 heteroatoms. The van der Waals surface area contributed by atoms with Gasteiger partial charge in [-0.1, -0.05) is 17.7 Å². The van der Waals surface area contributed by atoms with Gasteiger partial charge in [-0.3, -0.25) is 0 Å². The van der Waals surface area contributed by atoms with Gasteiger partial charge in [-0.15, -0.1) is 0 Å². The number of nitrogens with zero attached hydrogens (tertiary/aromatic N) is 2. The fourth-order valence-corrected chi connectivity index (χ4v) is 1.83. The first-order chi connectivity index (χ1) is 9.81. The molecule has 0 bridgehead atoms. The highest BCUT2D eigenvalue weighted by Gasteiger charge is 2.33. The molecule has 1 aromatic carbocycles. The zero-order chi connectivity index (χ0) is 15.6. The number of alkyl halides is 3. The minimum atomic E-state index is -4.58. The number of aryl methyl sites for hydroxylation is 1. The van der Waals surface area contributed by atoms with Gasteiger partial charge in [0, 0.05) is 10.7 Å². The van der Waals surface area contributed by atoms with Gasteiger partial charge in [0.05, 0.1) is 5.56 Å². The molecule has 0 fully saturated rings. The summed E-state index contributed by atoms with van der Waals surface area (Å²) in [5.74, 6) is -0.155. The summed E-state index contributed by atoms with van der Waals surface area (Å²) in [6.07, 6.45) is -4.58. The molecule has 0 aliphatic heterocycles. The van der Waals surface area contributed by atoms with Crippen LogP contribution in [0.1, 0.15) is 16.8 Å². The van der Waals surface area contributed by atoms with Gasteiger partial charge in [0.15, 0.2) is 0 Å². The molecular formula is C14H9ClF3N3. The summed E-state index contributed by atoms with van der Waals surface area (Å²) in [4.78, 5) is 3.48. The predicted octanol–water partition coefficient (Wildman–Crippen LogP) is 4.68. The highest BCUT2D eigenvalue weighted by molar-refractivity contribution is 6.30. The van der Waals surface area contributed by atoms with Crippen LogP contribution >= 0.6 is 11.6 Å². The first-order valence-electron chi connectivity index (χ1n) is 5.83. The third-order valence-corrected chi connectivity index (χ3v) is 2.99. The molecule has 0 amide bonds. The van der Waals surface area contributed by atoms with Crippen molar-refractivity contribution in [2.75, 3.05) is 5.32 Å². The van der Waals surface area contributed by atoms with E-state index >= 15 is 0 Å². The Labute approximate surface area is 124 Å². The Morgan fingerprint density at radius 3 is 2.57 bits per heavy atom. The number of rotatable bonds is 2. The van der Waals surface area contributed by atoms with Crippen LogP contribution in [0.4, 0.5) is 24.7 Å². The Morgan fingerprint density at radius 2 is 1.95 bits per heavy atom. The minimum Gasteiger partial charge on any atom is -0.339 e. The van der Waals surface area contributed by atoms with Crippen LogP contribution < -0.4 is 5.32 Å². The number of nitrogens with one attached hydrogen (secondary N) is 1. The average Bonchev–Trinajstić information content (AvgIpc) is 2.42. The lowest BCUT2D eigenvalue weighted by Crippen LogP contribution is -2.10. The molecule has 0 spiro atoms. The van der Waals surface area contributed by atoms with E-state index in [-0.39, 0.29) is 11.4 Å². The topological polar surface area (TPSA) is 48.7 Å². The first kappa shape index (κ1) is 15.1. The molecule has 21 heavy (non-hydrogen) atoms. The second-order valence-electron chi connectivity index (χ2n) is 4.29. The van der Waals surface area contributed by atoms with E-state index in [0.717, 1.165) is 17.7 Å². The van der Waals surface area contributed by atoms with Crippen LogP contribution in [0.5, 0.6) is 0 Å². The van der Waals surface area contributed by atoms with Crippen molar-refractivity contribution < 1.29 is 13.2 Å². The summed E-state index contributed by atoms with van der Waals surface area (Å²) in [7, 11) is 0. The van der Waals surface area contributed by atoms with Gasteiger partial charge >= 0.3 is 6.18 Å². The standard InChI is InChI=1S/C14H9ClF3N3/c1-8-2-4-10(15)6-11(8)20-13-9(7-19)3-5-12(21-13)14(16,17)18/h2-6H,1H3,(H,20,21). The highest BCUT2D eigenvalue weighted by atomic mass is 35.5. The maximum absolute atomic E-state index is 12.7. The number of pyridine rings is 1. The summed E-state index contributed by atoms with van der Waals surface area (Å²) in [5.41, 5.74) is 0.208. The molecule has 0 unspecified atom stereocenters. The van der Waals surface area contributed by atoms with Crippen molar-refractivity contribution >= 4 is 23.1 Å². The van der Waals surface area contributed by atoms with E-state index in [2.05, 4.69) is 10.3 Å². The third-order valence-electron chi connectivity index (χ3n) is 2.76. The van der Waals surface area contributed by atoms with E-state index in [9.17, 15) is 13.2 Å².